The average Bonchev–Trinajstić information content (AvgIpc) is 2.94. The van der Waals surface area contributed by atoms with Crippen LogP contribution in [-0.4, -0.2) is 41.9 Å². The first kappa shape index (κ1) is 34.7. The van der Waals surface area contributed by atoms with Crippen LogP contribution in [0.5, 0.6) is 0 Å². The maximum Gasteiger partial charge on any atom is 0.338 e. The van der Waals surface area contributed by atoms with Crippen LogP contribution in [-0.2, 0) is 41.4 Å². The largest absolute Gasteiger partial charge is 0.481 e. The van der Waals surface area contributed by atoms with Crippen LogP contribution in [0, 0.1) is 42.7 Å². The molecule has 0 fully saturated rings. The van der Waals surface area contributed by atoms with Crippen LogP contribution in [0.4, 0.5) is 8.78 Å². The Morgan fingerprint density at radius 2 is 1.45 bits per heavy atom. The molecule has 0 amide bonds. The van der Waals surface area contributed by atoms with E-state index in [2.05, 4.69) is 27.2 Å². The highest BCUT2D eigenvalue weighted by Gasteiger charge is 2.12. The van der Waals surface area contributed by atoms with Crippen molar-refractivity contribution in [2.45, 2.75) is 46.6 Å². The molecule has 0 aliphatic rings. The molecule has 0 atom stereocenters. The van der Waals surface area contributed by atoms with E-state index in [1.165, 1.54) is 43.3 Å². The number of carboxylic acid groups (broad SMARTS) is 1. The molecule has 0 heterocycles. The van der Waals surface area contributed by atoms with Gasteiger partial charge in [0.15, 0.2) is 0 Å². The van der Waals surface area contributed by atoms with E-state index in [9.17, 15) is 28.0 Å². The Labute approximate surface area is 254 Å². The number of esters is 3. The van der Waals surface area contributed by atoms with E-state index >= 15 is 0 Å². The third-order valence-electron chi connectivity index (χ3n) is 5.45. The molecular formula is C34H30F2O8. The summed E-state index contributed by atoms with van der Waals surface area (Å²) in [5.41, 5.74) is 2.73. The smallest absolute Gasteiger partial charge is 0.338 e. The Bertz CT molecular complexity index is 1640. The molecule has 0 unspecified atom stereocenters. The van der Waals surface area contributed by atoms with Crippen LogP contribution in [0.3, 0.4) is 0 Å². The Balaban J connectivity index is 0.000000342. The van der Waals surface area contributed by atoms with Gasteiger partial charge < -0.3 is 19.3 Å². The van der Waals surface area contributed by atoms with Gasteiger partial charge in [0.2, 0.25) is 6.79 Å². The van der Waals surface area contributed by atoms with Gasteiger partial charge in [0.05, 0.1) is 24.5 Å². The molecule has 228 valence electrons. The van der Waals surface area contributed by atoms with Crippen molar-refractivity contribution >= 4 is 23.9 Å². The number of ether oxygens (including phenoxy) is 3. The zero-order valence-electron chi connectivity index (χ0n) is 24.5. The molecule has 8 nitrogen and oxygen atoms in total. The second kappa shape index (κ2) is 16.8. The minimum atomic E-state index is -1.11. The van der Waals surface area contributed by atoms with Crippen molar-refractivity contribution in [2.24, 2.45) is 0 Å². The fraction of sp³-hybridized carbons (Fsp3) is 0.235. The lowest BCUT2D eigenvalue weighted by Crippen LogP contribution is -2.13. The van der Waals surface area contributed by atoms with Crippen LogP contribution >= 0.6 is 0 Å². The van der Waals surface area contributed by atoms with Gasteiger partial charge in [0.1, 0.15) is 11.6 Å². The number of carboxylic acids is 1. The topological polar surface area (TPSA) is 116 Å². The number of aryl methyl sites for hydroxylation is 1. The Morgan fingerprint density at radius 3 is 2.05 bits per heavy atom. The fourth-order valence-corrected chi connectivity index (χ4v) is 3.44. The summed E-state index contributed by atoms with van der Waals surface area (Å²) < 4.78 is 41.5. The van der Waals surface area contributed by atoms with Crippen molar-refractivity contribution in [3.8, 4) is 24.2 Å². The molecule has 0 saturated carbocycles. The highest BCUT2D eigenvalue weighted by Crippen LogP contribution is 2.14. The summed E-state index contributed by atoms with van der Waals surface area (Å²) in [6, 6.07) is 13.4. The molecule has 0 radical (unpaired) electrons. The summed E-state index contributed by atoms with van der Waals surface area (Å²) in [4.78, 5) is 44.4. The first-order chi connectivity index (χ1) is 20.8. The second-order valence-electron chi connectivity index (χ2n) is 9.57. The van der Waals surface area contributed by atoms with Crippen molar-refractivity contribution in [2.75, 3.05) is 6.79 Å². The SMILES string of the molecule is C#Cc1cc(C#Cc2ccc(CC(=O)O)c(F)c2)cc(C(=O)OC(C)C)c1.CC(=O)OCOC(=O)Cc1ccc(C)cc1F. The molecule has 1 N–H and O–H groups in total. The standard InChI is InChI=1S/C22H17FO4.C12H13FO4/c1-4-15-9-17(11-19(10-15)22(26)27-14(2)3)6-5-16-7-8-18(13-21(24)25)20(23)12-16;1-8-3-4-10(11(13)5-8)6-12(15)17-7-16-9(2)14/h1,7-12,14H,13H2,2-3H3,(H,24,25);3-5H,6-7H2,1-2H3. The van der Waals surface area contributed by atoms with Crippen LogP contribution < -0.4 is 0 Å². The third-order valence-corrected chi connectivity index (χ3v) is 5.45. The Hall–Kier alpha value is -5.48. The van der Waals surface area contributed by atoms with Gasteiger partial charge in [-0.05, 0) is 73.9 Å². The summed E-state index contributed by atoms with van der Waals surface area (Å²) in [5, 5.41) is 8.74. The molecular weight excluding hydrogens is 574 g/mol. The predicted molar refractivity (Wildman–Crippen MR) is 156 cm³/mol. The van der Waals surface area contributed by atoms with Crippen molar-refractivity contribution in [1.29, 1.82) is 0 Å². The van der Waals surface area contributed by atoms with Gasteiger partial charge in [0.25, 0.3) is 0 Å². The quantitative estimate of drug-likeness (QED) is 0.214. The van der Waals surface area contributed by atoms with Gasteiger partial charge in [-0.1, -0.05) is 36.0 Å². The van der Waals surface area contributed by atoms with Crippen LogP contribution in [0.15, 0.2) is 54.6 Å². The first-order valence-corrected chi connectivity index (χ1v) is 13.2. The minimum Gasteiger partial charge on any atom is -0.481 e. The first-order valence-electron chi connectivity index (χ1n) is 13.2. The molecule has 0 bridgehead atoms. The van der Waals surface area contributed by atoms with E-state index in [4.69, 9.17) is 16.3 Å². The van der Waals surface area contributed by atoms with E-state index < -0.39 is 48.7 Å². The summed E-state index contributed by atoms with van der Waals surface area (Å²) in [7, 11) is 0. The van der Waals surface area contributed by atoms with Crippen LogP contribution in [0.1, 0.15) is 64.5 Å². The number of benzene rings is 3. The van der Waals surface area contributed by atoms with Crippen LogP contribution in [0.2, 0.25) is 0 Å². The van der Waals surface area contributed by atoms with Gasteiger partial charge in [-0.3, -0.25) is 14.4 Å². The van der Waals surface area contributed by atoms with Crippen molar-refractivity contribution < 1.29 is 47.3 Å². The predicted octanol–water partition coefficient (Wildman–Crippen LogP) is 5.14. The van der Waals surface area contributed by atoms with Gasteiger partial charge >= 0.3 is 23.9 Å². The minimum absolute atomic E-state index is 0.0843. The zero-order chi connectivity index (χ0) is 32.8. The summed E-state index contributed by atoms with van der Waals surface area (Å²) >= 11 is 0. The highest BCUT2D eigenvalue weighted by atomic mass is 19.1. The molecule has 3 aromatic rings. The van der Waals surface area contributed by atoms with Gasteiger partial charge in [0, 0.05) is 23.6 Å². The van der Waals surface area contributed by atoms with Crippen molar-refractivity contribution in [3.63, 3.8) is 0 Å². The molecule has 0 aromatic heterocycles. The molecule has 0 aliphatic heterocycles. The van der Waals surface area contributed by atoms with Crippen molar-refractivity contribution in [3.05, 3.63) is 105 Å². The monoisotopic (exact) mass is 604 g/mol. The van der Waals surface area contributed by atoms with E-state index in [1.807, 2.05) is 0 Å². The molecule has 0 aliphatic carbocycles. The molecule has 3 rings (SSSR count). The number of aliphatic carboxylic acids is 1. The number of terminal acetylenes is 1. The number of hydrogen-bond acceptors (Lipinski definition) is 7. The molecule has 3 aromatic carbocycles. The highest BCUT2D eigenvalue weighted by molar-refractivity contribution is 5.90. The van der Waals surface area contributed by atoms with E-state index in [-0.39, 0.29) is 29.2 Å². The van der Waals surface area contributed by atoms with E-state index in [1.54, 1.807) is 39.0 Å². The molecule has 44 heavy (non-hydrogen) atoms. The average molecular weight is 605 g/mol. The van der Waals surface area contributed by atoms with Gasteiger partial charge in [-0.15, -0.1) is 6.42 Å². The van der Waals surface area contributed by atoms with Gasteiger partial charge in [-0.25, -0.2) is 13.6 Å². The zero-order valence-corrected chi connectivity index (χ0v) is 24.5. The number of halogens is 2. The lowest BCUT2D eigenvalue weighted by molar-refractivity contribution is -0.165. The van der Waals surface area contributed by atoms with E-state index in [0.29, 0.717) is 16.7 Å². The number of carbonyl (C=O) groups is 4. The van der Waals surface area contributed by atoms with Crippen molar-refractivity contribution in [1.82, 2.24) is 0 Å². The lowest BCUT2D eigenvalue weighted by atomic mass is 10.0. The summed E-state index contributed by atoms with van der Waals surface area (Å²) in [6.45, 7) is 6.00. The van der Waals surface area contributed by atoms with E-state index in [0.717, 1.165) is 5.56 Å². The summed E-state index contributed by atoms with van der Waals surface area (Å²) in [5.74, 6) is 4.19. The normalized spacial score (nSPS) is 9.86. The Kier molecular flexibility index (Phi) is 13.3. The molecule has 10 heteroatoms. The third kappa shape index (κ3) is 12.2. The number of hydrogen-bond donors (Lipinski definition) is 1. The number of carbonyl (C=O) groups excluding carboxylic acids is 3. The molecule has 0 saturated heterocycles. The second-order valence-corrected chi connectivity index (χ2v) is 9.57. The lowest BCUT2D eigenvalue weighted by Gasteiger charge is -2.08. The summed E-state index contributed by atoms with van der Waals surface area (Å²) in [6.07, 6.45) is 4.57. The number of rotatable bonds is 8. The maximum atomic E-state index is 13.9. The van der Waals surface area contributed by atoms with Crippen LogP contribution in [0.25, 0.3) is 0 Å². The Morgan fingerprint density at radius 1 is 0.841 bits per heavy atom. The fourth-order valence-electron chi connectivity index (χ4n) is 3.44. The maximum absolute atomic E-state index is 13.9. The molecule has 0 spiro atoms. The van der Waals surface area contributed by atoms with Gasteiger partial charge in [-0.2, -0.15) is 0 Å².